The second-order valence-corrected chi connectivity index (χ2v) is 13.6. The van der Waals surface area contributed by atoms with Gasteiger partial charge in [0.15, 0.2) is 0 Å². The SMILES string of the molecule is c1ccc(-c2cccc(-c3ccc4c(c3)B3Oc5ccc(-c6ccccc6-n6c7ccccc7c7ccccc76)cc5-c5cccc(c53)O4)c2)cc1. The third kappa shape index (κ3) is 4.41. The maximum atomic E-state index is 6.97. The van der Waals surface area contributed by atoms with Gasteiger partial charge < -0.3 is 14.0 Å². The summed E-state index contributed by atoms with van der Waals surface area (Å²) in [5.74, 6) is 2.55. The highest BCUT2D eigenvalue weighted by atomic mass is 16.5. The summed E-state index contributed by atoms with van der Waals surface area (Å²) in [4.78, 5) is 0. The Morgan fingerprint density at radius 2 is 1.00 bits per heavy atom. The Balaban J connectivity index is 1.02. The number of rotatable bonds is 4. The smallest absolute Gasteiger partial charge is 0.434 e. The van der Waals surface area contributed by atoms with E-state index < -0.39 is 0 Å². The van der Waals surface area contributed by atoms with Crippen LogP contribution in [0.3, 0.4) is 0 Å². The highest BCUT2D eigenvalue weighted by Crippen LogP contribution is 2.43. The molecule has 4 heteroatoms. The van der Waals surface area contributed by atoms with Crippen LogP contribution in [0.2, 0.25) is 0 Å². The topological polar surface area (TPSA) is 23.4 Å². The van der Waals surface area contributed by atoms with Crippen molar-refractivity contribution < 1.29 is 9.39 Å². The first kappa shape index (κ1) is 29.0. The summed E-state index contributed by atoms with van der Waals surface area (Å²) in [6.07, 6.45) is 0. The van der Waals surface area contributed by atoms with E-state index in [0.29, 0.717) is 0 Å². The van der Waals surface area contributed by atoms with Crippen LogP contribution in [0.25, 0.3) is 72.0 Å². The fraction of sp³-hybridized carbons (Fsp3) is 0. The van der Waals surface area contributed by atoms with Crippen LogP contribution in [0.1, 0.15) is 0 Å². The lowest BCUT2D eigenvalue weighted by Crippen LogP contribution is -2.53. The lowest BCUT2D eigenvalue weighted by atomic mass is 9.50. The van der Waals surface area contributed by atoms with Crippen molar-refractivity contribution in [2.75, 3.05) is 0 Å². The van der Waals surface area contributed by atoms with Crippen LogP contribution in [-0.4, -0.2) is 11.5 Å². The summed E-state index contributed by atoms with van der Waals surface area (Å²) in [6, 6.07) is 64.8. The Hall–Kier alpha value is -6.78. The van der Waals surface area contributed by atoms with Crippen LogP contribution in [0.5, 0.6) is 17.2 Å². The molecule has 0 aliphatic carbocycles. The Morgan fingerprint density at radius 1 is 0.385 bits per heavy atom. The first-order valence-corrected chi connectivity index (χ1v) is 17.8. The van der Waals surface area contributed by atoms with Gasteiger partial charge in [-0.1, -0.05) is 133 Å². The van der Waals surface area contributed by atoms with Crippen LogP contribution in [-0.2, 0) is 0 Å². The van der Waals surface area contributed by atoms with Crippen LogP contribution in [0.15, 0.2) is 182 Å². The van der Waals surface area contributed by atoms with Crippen LogP contribution in [0.4, 0.5) is 0 Å². The number of para-hydroxylation sites is 3. The van der Waals surface area contributed by atoms with E-state index >= 15 is 0 Å². The molecular weight excluding hydrogens is 633 g/mol. The molecule has 9 aromatic rings. The minimum Gasteiger partial charge on any atom is -0.551 e. The molecule has 3 heterocycles. The average Bonchev–Trinajstić information content (AvgIpc) is 3.55. The summed E-state index contributed by atoms with van der Waals surface area (Å²) >= 11 is 0. The molecule has 0 saturated heterocycles. The largest absolute Gasteiger partial charge is 0.551 e. The zero-order valence-corrected chi connectivity index (χ0v) is 28.2. The number of hydrogen-bond donors (Lipinski definition) is 0. The van der Waals surface area contributed by atoms with Gasteiger partial charge in [-0.3, -0.25) is 0 Å². The summed E-state index contributed by atoms with van der Waals surface area (Å²) in [5, 5.41) is 2.50. The van der Waals surface area contributed by atoms with E-state index in [0.717, 1.165) is 67.2 Å². The third-order valence-electron chi connectivity index (χ3n) is 10.7. The van der Waals surface area contributed by atoms with Crippen molar-refractivity contribution in [3.63, 3.8) is 0 Å². The second kappa shape index (κ2) is 11.4. The average molecular weight is 664 g/mol. The van der Waals surface area contributed by atoms with E-state index in [-0.39, 0.29) is 6.92 Å². The number of fused-ring (bicyclic) bond motifs is 7. The molecule has 0 unspecified atom stereocenters. The van der Waals surface area contributed by atoms with Gasteiger partial charge in [-0.05, 0) is 81.9 Å². The first-order valence-electron chi connectivity index (χ1n) is 17.8. The molecule has 0 amide bonds. The lowest BCUT2D eigenvalue weighted by Gasteiger charge is -2.33. The summed E-state index contributed by atoms with van der Waals surface area (Å²) in [5.41, 5.74) is 14.8. The Labute approximate surface area is 302 Å². The van der Waals surface area contributed by atoms with Gasteiger partial charge in [0, 0.05) is 32.8 Å². The van der Waals surface area contributed by atoms with E-state index in [1.165, 1.54) is 32.9 Å². The van der Waals surface area contributed by atoms with Crippen molar-refractivity contribution in [1.82, 2.24) is 4.57 Å². The fourth-order valence-corrected chi connectivity index (χ4v) is 8.30. The van der Waals surface area contributed by atoms with Gasteiger partial charge in [-0.15, -0.1) is 0 Å². The molecule has 8 aromatic carbocycles. The number of ether oxygens (including phenoxy) is 1. The van der Waals surface area contributed by atoms with Gasteiger partial charge >= 0.3 is 6.92 Å². The molecule has 52 heavy (non-hydrogen) atoms. The van der Waals surface area contributed by atoms with Crippen LogP contribution in [0, 0.1) is 0 Å². The Bertz CT molecular complexity index is 2820. The van der Waals surface area contributed by atoms with Crippen molar-refractivity contribution in [2.45, 2.75) is 0 Å². The monoisotopic (exact) mass is 663 g/mol. The van der Waals surface area contributed by atoms with Crippen molar-refractivity contribution in [1.29, 1.82) is 0 Å². The van der Waals surface area contributed by atoms with E-state index in [1.54, 1.807) is 0 Å². The Morgan fingerprint density at radius 3 is 1.83 bits per heavy atom. The van der Waals surface area contributed by atoms with Crippen molar-refractivity contribution in [3.8, 4) is 67.4 Å². The number of benzene rings is 8. The summed E-state index contributed by atoms with van der Waals surface area (Å²) < 4.78 is 16.0. The van der Waals surface area contributed by atoms with Crippen molar-refractivity contribution in [3.05, 3.63) is 182 Å². The van der Waals surface area contributed by atoms with Crippen molar-refractivity contribution >= 4 is 39.6 Å². The standard InChI is InChI=1S/C48H30BNO2/c1-2-12-31(13-3-1)32-14-10-15-33(28-32)34-24-27-46-41(30-34)49-48-39(19-11-23-47(48)51-46)40-29-35(25-26-45(40)52-49)36-16-4-7-20-42(36)50-43-21-8-5-17-37(43)38-18-6-9-22-44(38)50/h1-30H. The van der Waals surface area contributed by atoms with Crippen molar-refractivity contribution in [2.24, 2.45) is 0 Å². The molecule has 242 valence electrons. The molecule has 0 atom stereocenters. The minimum atomic E-state index is -0.282. The molecule has 11 rings (SSSR count). The van der Waals surface area contributed by atoms with E-state index in [9.17, 15) is 0 Å². The van der Waals surface area contributed by atoms with Crippen LogP contribution < -0.4 is 20.3 Å². The molecule has 0 fully saturated rings. The molecule has 2 aliphatic heterocycles. The molecule has 3 nitrogen and oxygen atoms in total. The zero-order chi connectivity index (χ0) is 34.2. The van der Waals surface area contributed by atoms with E-state index in [1.807, 2.05) is 0 Å². The van der Waals surface area contributed by atoms with E-state index in [2.05, 4.69) is 187 Å². The number of aromatic nitrogens is 1. The molecule has 1 aromatic heterocycles. The van der Waals surface area contributed by atoms with Gasteiger partial charge in [0.1, 0.15) is 17.2 Å². The van der Waals surface area contributed by atoms with E-state index in [4.69, 9.17) is 9.39 Å². The third-order valence-corrected chi connectivity index (χ3v) is 10.7. The Kier molecular flexibility index (Phi) is 6.35. The van der Waals surface area contributed by atoms with Gasteiger partial charge in [0.2, 0.25) is 0 Å². The molecular formula is C48H30BNO2. The predicted molar refractivity (Wildman–Crippen MR) is 215 cm³/mol. The highest BCUT2D eigenvalue weighted by molar-refractivity contribution is 6.84. The van der Waals surface area contributed by atoms with Gasteiger partial charge in [-0.2, -0.15) is 0 Å². The normalized spacial score (nSPS) is 12.5. The number of hydrogen-bond acceptors (Lipinski definition) is 2. The lowest BCUT2D eigenvalue weighted by molar-refractivity contribution is 0.479. The summed E-state index contributed by atoms with van der Waals surface area (Å²) in [6.45, 7) is -0.282. The van der Waals surface area contributed by atoms with Gasteiger partial charge in [0.05, 0.1) is 16.7 Å². The summed E-state index contributed by atoms with van der Waals surface area (Å²) in [7, 11) is 0. The molecule has 0 bridgehead atoms. The predicted octanol–water partition coefficient (Wildman–Crippen LogP) is 11.1. The number of nitrogens with zero attached hydrogens (tertiary/aromatic N) is 1. The van der Waals surface area contributed by atoms with Crippen LogP contribution >= 0.6 is 0 Å². The molecule has 0 spiro atoms. The molecule has 0 N–H and O–H groups in total. The van der Waals surface area contributed by atoms with Gasteiger partial charge in [0.25, 0.3) is 0 Å². The minimum absolute atomic E-state index is 0.282. The quantitative estimate of drug-likeness (QED) is 0.175. The molecule has 0 saturated carbocycles. The highest BCUT2D eigenvalue weighted by Gasteiger charge is 2.40. The maximum absolute atomic E-state index is 6.97. The first-order chi connectivity index (χ1) is 25.8. The molecule has 0 radical (unpaired) electrons. The fourth-order valence-electron chi connectivity index (χ4n) is 8.30. The second-order valence-electron chi connectivity index (χ2n) is 13.6. The zero-order valence-electron chi connectivity index (χ0n) is 28.2. The molecule has 2 aliphatic rings. The maximum Gasteiger partial charge on any atom is 0.434 e. The van der Waals surface area contributed by atoms with Gasteiger partial charge in [-0.25, -0.2) is 0 Å².